The van der Waals surface area contributed by atoms with Crippen LogP contribution in [0.1, 0.15) is 22.5 Å². The van der Waals surface area contributed by atoms with Gasteiger partial charge in [0.1, 0.15) is 5.69 Å². The minimum atomic E-state index is 0.879. The molecule has 0 aliphatic carbocycles. The van der Waals surface area contributed by atoms with Gasteiger partial charge in [0.2, 0.25) is 0 Å². The molecule has 1 aliphatic rings. The van der Waals surface area contributed by atoms with Crippen molar-refractivity contribution < 1.29 is 0 Å². The fourth-order valence-corrected chi connectivity index (χ4v) is 3.20. The maximum Gasteiger partial charge on any atom is 0.114 e. The third-order valence-electron chi connectivity index (χ3n) is 4.59. The molecule has 0 fully saturated rings. The largest absolute Gasteiger partial charge is 0.290 e. The third kappa shape index (κ3) is 2.83. The van der Waals surface area contributed by atoms with E-state index in [0.29, 0.717) is 0 Å². The highest BCUT2D eigenvalue weighted by molar-refractivity contribution is 5.59. The number of rotatable bonds is 3. The van der Waals surface area contributed by atoms with Crippen molar-refractivity contribution in [2.75, 3.05) is 6.54 Å². The van der Waals surface area contributed by atoms with Crippen molar-refractivity contribution in [3.63, 3.8) is 0 Å². The van der Waals surface area contributed by atoms with Gasteiger partial charge in [-0.05, 0) is 37.6 Å². The lowest BCUT2D eigenvalue weighted by atomic mass is 10.1. The standard InChI is InChI=1S/C19H21N5/c1-14-6-7-16(21-11-14)12-23-9-10-24-18(13-23)15(2)19(22-24)17-5-3-4-8-20-17/h3-8,11H,9-10,12-13H2,1-2H3. The number of pyridine rings is 2. The fraction of sp³-hybridized carbons (Fsp3) is 0.316. The molecule has 5 heteroatoms. The number of aromatic nitrogens is 4. The lowest BCUT2D eigenvalue weighted by molar-refractivity contribution is 0.202. The Morgan fingerprint density at radius 2 is 1.96 bits per heavy atom. The molecule has 0 saturated heterocycles. The van der Waals surface area contributed by atoms with E-state index in [0.717, 1.165) is 43.3 Å². The Balaban J connectivity index is 1.57. The van der Waals surface area contributed by atoms with Crippen LogP contribution in [-0.2, 0) is 19.6 Å². The van der Waals surface area contributed by atoms with Crippen LogP contribution in [0.2, 0.25) is 0 Å². The van der Waals surface area contributed by atoms with Crippen molar-refractivity contribution in [3.8, 4) is 11.4 Å². The van der Waals surface area contributed by atoms with E-state index in [1.165, 1.54) is 16.8 Å². The SMILES string of the molecule is Cc1ccc(CN2CCn3nc(-c4ccccn4)c(C)c3C2)nc1. The van der Waals surface area contributed by atoms with Gasteiger partial charge < -0.3 is 0 Å². The maximum absolute atomic E-state index is 4.79. The zero-order valence-electron chi connectivity index (χ0n) is 14.1. The van der Waals surface area contributed by atoms with Crippen molar-refractivity contribution in [2.45, 2.75) is 33.5 Å². The molecule has 0 aromatic carbocycles. The van der Waals surface area contributed by atoms with E-state index in [-0.39, 0.29) is 0 Å². The molecular formula is C19H21N5. The van der Waals surface area contributed by atoms with Crippen molar-refractivity contribution in [1.82, 2.24) is 24.6 Å². The number of fused-ring (bicyclic) bond motifs is 1. The Bertz CT molecular complexity index is 836. The molecule has 0 amide bonds. The highest BCUT2D eigenvalue weighted by atomic mass is 15.3. The molecule has 0 saturated carbocycles. The van der Waals surface area contributed by atoms with Crippen LogP contribution in [0.15, 0.2) is 42.7 Å². The molecule has 3 aromatic rings. The molecule has 4 heterocycles. The van der Waals surface area contributed by atoms with Crippen LogP contribution in [-0.4, -0.2) is 31.2 Å². The summed E-state index contributed by atoms with van der Waals surface area (Å²) >= 11 is 0. The summed E-state index contributed by atoms with van der Waals surface area (Å²) in [6, 6.07) is 10.2. The van der Waals surface area contributed by atoms with E-state index in [9.17, 15) is 0 Å². The molecule has 4 rings (SSSR count). The topological polar surface area (TPSA) is 46.8 Å². The lowest BCUT2D eigenvalue weighted by Crippen LogP contribution is -2.34. The Labute approximate surface area is 142 Å². The van der Waals surface area contributed by atoms with Crippen LogP contribution >= 0.6 is 0 Å². The molecule has 24 heavy (non-hydrogen) atoms. The first-order valence-electron chi connectivity index (χ1n) is 8.32. The predicted octanol–water partition coefficient (Wildman–Crippen LogP) is 2.97. The highest BCUT2D eigenvalue weighted by Crippen LogP contribution is 2.26. The number of hydrogen-bond acceptors (Lipinski definition) is 4. The minimum Gasteiger partial charge on any atom is -0.290 e. The van der Waals surface area contributed by atoms with Gasteiger partial charge in [0.05, 0.1) is 23.6 Å². The van der Waals surface area contributed by atoms with Crippen molar-refractivity contribution in [3.05, 3.63) is 65.2 Å². The van der Waals surface area contributed by atoms with Gasteiger partial charge >= 0.3 is 0 Å². The number of aryl methyl sites for hydroxylation is 1. The monoisotopic (exact) mass is 319 g/mol. The van der Waals surface area contributed by atoms with Gasteiger partial charge in [0.25, 0.3) is 0 Å². The Hall–Kier alpha value is -2.53. The zero-order chi connectivity index (χ0) is 16.5. The van der Waals surface area contributed by atoms with Crippen molar-refractivity contribution >= 4 is 0 Å². The van der Waals surface area contributed by atoms with E-state index < -0.39 is 0 Å². The molecule has 1 aliphatic heterocycles. The summed E-state index contributed by atoms with van der Waals surface area (Å²) in [6.45, 7) is 7.90. The predicted molar refractivity (Wildman–Crippen MR) is 93.3 cm³/mol. The van der Waals surface area contributed by atoms with Crippen LogP contribution in [0.3, 0.4) is 0 Å². The minimum absolute atomic E-state index is 0.879. The summed E-state index contributed by atoms with van der Waals surface area (Å²) in [5, 5.41) is 4.79. The first-order valence-corrected chi connectivity index (χ1v) is 8.32. The number of hydrogen-bond donors (Lipinski definition) is 0. The first-order chi connectivity index (χ1) is 11.7. The molecule has 0 spiro atoms. The summed E-state index contributed by atoms with van der Waals surface area (Å²) in [7, 11) is 0. The third-order valence-corrected chi connectivity index (χ3v) is 4.59. The van der Waals surface area contributed by atoms with Gasteiger partial charge in [-0.1, -0.05) is 12.1 Å². The highest BCUT2D eigenvalue weighted by Gasteiger charge is 2.23. The van der Waals surface area contributed by atoms with Gasteiger partial charge in [-0.3, -0.25) is 19.5 Å². The summed E-state index contributed by atoms with van der Waals surface area (Å²) < 4.78 is 2.14. The zero-order valence-corrected chi connectivity index (χ0v) is 14.1. The second-order valence-corrected chi connectivity index (χ2v) is 6.40. The fourth-order valence-electron chi connectivity index (χ4n) is 3.20. The molecule has 0 bridgehead atoms. The molecule has 0 N–H and O–H groups in total. The second-order valence-electron chi connectivity index (χ2n) is 6.40. The van der Waals surface area contributed by atoms with Gasteiger partial charge in [0, 0.05) is 37.6 Å². The normalized spacial score (nSPS) is 14.6. The molecule has 0 radical (unpaired) electrons. The van der Waals surface area contributed by atoms with Crippen LogP contribution in [0.4, 0.5) is 0 Å². The van der Waals surface area contributed by atoms with E-state index >= 15 is 0 Å². The van der Waals surface area contributed by atoms with E-state index in [2.05, 4.69) is 45.5 Å². The Morgan fingerprint density at radius 3 is 2.71 bits per heavy atom. The molecule has 122 valence electrons. The van der Waals surface area contributed by atoms with Gasteiger partial charge in [-0.2, -0.15) is 5.10 Å². The average Bonchev–Trinajstić information content (AvgIpc) is 2.94. The first kappa shape index (κ1) is 15.0. The van der Waals surface area contributed by atoms with Crippen molar-refractivity contribution in [2.24, 2.45) is 0 Å². The number of nitrogens with zero attached hydrogens (tertiary/aromatic N) is 5. The van der Waals surface area contributed by atoms with E-state index in [4.69, 9.17) is 5.10 Å². The second kappa shape index (κ2) is 6.17. The van der Waals surface area contributed by atoms with Crippen molar-refractivity contribution in [1.29, 1.82) is 0 Å². The van der Waals surface area contributed by atoms with Crippen LogP contribution in [0.5, 0.6) is 0 Å². The maximum atomic E-state index is 4.79. The molecule has 0 atom stereocenters. The Morgan fingerprint density at radius 1 is 1.04 bits per heavy atom. The average molecular weight is 319 g/mol. The van der Waals surface area contributed by atoms with Gasteiger partial charge in [-0.25, -0.2) is 0 Å². The summed E-state index contributed by atoms with van der Waals surface area (Å²) in [5.41, 5.74) is 6.79. The summed E-state index contributed by atoms with van der Waals surface area (Å²) in [4.78, 5) is 11.4. The van der Waals surface area contributed by atoms with E-state index in [1.54, 1.807) is 0 Å². The van der Waals surface area contributed by atoms with Gasteiger partial charge in [-0.15, -0.1) is 0 Å². The lowest BCUT2D eigenvalue weighted by Gasteiger charge is -2.27. The quantitative estimate of drug-likeness (QED) is 0.744. The van der Waals surface area contributed by atoms with Crippen LogP contribution in [0, 0.1) is 13.8 Å². The molecule has 5 nitrogen and oxygen atoms in total. The van der Waals surface area contributed by atoms with E-state index in [1.807, 2.05) is 30.6 Å². The molecular weight excluding hydrogens is 298 g/mol. The summed E-state index contributed by atoms with van der Waals surface area (Å²) in [6.07, 6.45) is 3.76. The van der Waals surface area contributed by atoms with Gasteiger partial charge in [0.15, 0.2) is 0 Å². The Kier molecular flexibility index (Phi) is 3.86. The van der Waals surface area contributed by atoms with Crippen LogP contribution < -0.4 is 0 Å². The molecule has 0 unspecified atom stereocenters. The molecule has 3 aromatic heterocycles. The van der Waals surface area contributed by atoms with Crippen LogP contribution in [0.25, 0.3) is 11.4 Å². The summed E-state index contributed by atoms with van der Waals surface area (Å²) in [5.74, 6) is 0. The smallest absolute Gasteiger partial charge is 0.114 e.